The van der Waals surface area contributed by atoms with Gasteiger partial charge in [0.05, 0.1) is 10.7 Å². The molecule has 5 heteroatoms. The zero-order valence-electron chi connectivity index (χ0n) is 8.30. The van der Waals surface area contributed by atoms with Crippen LogP contribution in [-0.4, -0.2) is 16.5 Å². The van der Waals surface area contributed by atoms with Gasteiger partial charge in [0, 0.05) is 23.4 Å². The minimum absolute atomic E-state index is 0.0592. The summed E-state index contributed by atoms with van der Waals surface area (Å²) < 4.78 is 0. The number of non-ortho nitro benzene ring substituents is 1. The Hall–Kier alpha value is -1.36. The molecule has 0 atom stereocenters. The molecule has 0 bridgehead atoms. The topological polar surface area (TPSA) is 60.2 Å². The molecule has 0 fully saturated rings. The number of nitro benzene ring substituents is 1. The molecule has 1 aromatic carbocycles. The van der Waals surface area contributed by atoms with E-state index < -0.39 is 4.92 Å². The van der Waals surface area contributed by atoms with E-state index in [1.54, 1.807) is 19.1 Å². The molecule has 0 spiro atoms. The Balaban J connectivity index is 2.66. The Morgan fingerprint density at radius 1 is 1.53 bits per heavy atom. The fraction of sp³-hybridized carbons (Fsp3) is 0.300. The molecular weight excluding hydrogens is 214 g/mol. The quantitative estimate of drug-likeness (QED) is 0.439. The van der Waals surface area contributed by atoms with Gasteiger partial charge in [0.25, 0.3) is 5.69 Å². The van der Waals surface area contributed by atoms with Crippen LogP contribution in [0.3, 0.4) is 0 Å². The number of benzene rings is 1. The van der Waals surface area contributed by atoms with E-state index in [4.69, 9.17) is 0 Å². The third-order valence-corrected chi connectivity index (χ3v) is 2.88. The Kier molecular flexibility index (Phi) is 4.30. The van der Waals surface area contributed by atoms with Crippen molar-refractivity contribution in [2.45, 2.75) is 18.2 Å². The van der Waals surface area contributed by atoms with Crippen LogP contribution in [0.4, 0.5) is 5.69 Å². The SMILES string of the molecule is CCC(=O)CSc1cccc([N+](=O)[O-])c1. The number of nitrogens with zero attached hydrogens (tertiary/aromatic N) is 1. The zero-order chi connectivity index (χ0) is 11.3. The number of ketones is 1. The number of carbonyl (C=O) groups excluding carboxylic acids is 1. The molecular formula is C10H11NO3S. The molecule has 0 aliphatic heterocycles. The predicted octanol–water partition coefficient (Wildman–Crippen LogP) is 2.67. The summed E-state index contributed by atoms with van der Waals surface area (Å²) in [7, 11) is 0. The maximum atomic E-state index is 11.0. The van der Waals surface area contributed by atoms with E-state index in [-0.39, 0.29) is 11.5 Å². The maximum Gasteiger partial charge on any atom is 0.270 e. The monoisotopic (exact) mass is 225 g/mol. The lowest BCUT2D eigenvalue weighted by Gasteiger charge is -1.99. The van der Waals surface area contributed by atoms with Crippen molar-refractivity contribution >= 4 is 23.2 Å². The molecule has 0 saturated heterocycles. The van der Waals surface area contributed by atoms with Gasteiger partial charge < -0.3 is 0 Å². The van der Waals surface area contributed by atoms with E-state index in [0.29, 0.717) is 12.2 Å². The molecule has 0 aromatic heterocycles. The standard InChI is InChI=1S/C10H11NO3S/c1-2-9(12)7-15-10-5-3-4-8(6-10)11(13)14/h3-6H,2,7H2,1H3. The summed E-state index contributed by atoms with van der Waals surface area (Å²) in [5.74, 6) is 0.518. The highest BCUT2D eigenvalue weighted by Gasteiger charge is 2.06. The average molecular weight is 225 g/mol. The summed E-state index contributed by atoms with van der Waals surface area (Å²) in [4.78, 5) is 21.8. The molecule has 0 amide bonds. The fourth-order valence-electron chi connectivity index (χ4n) is 0.953. The van der Waals surface area contributed by atoms with Crippen LogP contribution in [0, 0.1) is 10.1 Å². The van der Waals surface area contributed by atoms with Gasteiger partial charge in [-0.15, -0.1) is 11.8 Å². The second kappa shape index (κ2) is 5.50. The van der Waals surface area contributed by atoms with Crippen LogP contribution < -0.4 is 0 Å². The molecule has 0 aliphatic carbocycles. The smallest absolute Gasteiger partial charge is 0.270 e. The first-order chi connectivity index (χ1) is 7.13. The van der Waals surface area contributed by atoms with Crippen LogP contribution in [0.5, 0.6) is 0 Å². The van der Waals surface area contributed by atoms with E-state index in [2.05, 4.69) is 0 Å². The second-order valence-corrected chi connectivity index (χ2v) is 3.98. The molecule has 0 N–H and O–H groups in total. The summed E-state index contributed by atoms with van der Waals surface area (Å²) in [6, 6.07) is 6.30. The lowest BCUT2D eigenvalue weighted by atomic mass is 10.3. The van der Waals surface area contributed by atoms with Crippen molar-refractivity contribution in [3.63, 3.8) is 0 Å². The van der Waals surface area contributed by atoms with Crippen LogP contribution in [0.15, 0.2) is 29.2 Å². The van der Waals surface area contributed by atoms with Crippen molar-refractivity contribution in [1.29, 1.82) is 0 Å². The Morgan fingerprint density at radius 3 is 2.87 bits per heavy atom. The Morgan fingerprint density at radius 2 is 2.27 bits per heavy atom. The van der Waals surface area contributed by atoms with Crippen molar-refractivity contribution in [2.24, 2.45) is 0 Å². The van der Waals surface area contributed by atoms with Gasteiger partial charge in [0.15, 0.2) is 0 Å². The van der Waals surface area contributed by atoms with E-state index in [0.717, 1.165) is 4.90 Å². The first-order valence-corrected chi connectivity index (χ1v) is 5.51. The second-order valence-electron chi connectivity index (χ2n) is 2.94. The molecule has 0 aliphatic rings. The third-order valence-electron chi connectivity index (χ3n) is 1.82. The predicted molar refractivity (Wildman–Crippen MR) is 59.1 cm³/mol. The molecule has 0 unspecified atom stereocenters. The van der Waals surface area contributed by atoms with Crippen molar-refractivity contribution < 1.29 is 9.72 Å². The van der Waals surface area contributed by atoms with Gasteiger partial charge in [0.1, 0.15) is 5.78 Å². The van der Waals surface area contributed by atoms with E-state index >= 15 is 0 Å². The van der Waals surface area contributed by atoms with Gasteiger partial charge in [-0.2, -0.15) is 0 Å². The van der Waals surface area contributed by atoms with Crippen molar-refractivity contribution in [3.8, 4) is 0 Å². The summed E-state index contributed by atoms with van der Waals surface area (Å²) in [6.07, 6.45) is 0.502. The largest absolute Gasteiger partial charge is 0.299 e. The molecule has 80 valence electrons. The Bertz CT molecular complexity index is 379. The third kappa shape index (κ3) is 3.71. The summed E-state index contributed by atoms with van der Waals surface area (Å²) in [5.41, 5.74) is 0.0592. The minimum Gasteiger partial charge on any atom is -0.299 e. The van der Waals surface area contributed by atoms with Crippen LogP contribution in [0.1, 0.15) is 13.3 Å². The normalized spacial score (nSPS) is 9.93. The molecule has 0 saturated carbocycles. The van der Waals surface area contributed by atoms with Gasteiger partial charge >= 0.3 is 0 Å². The fourth-order valence-corrected chi connectivity index (χ4v) is 1.86. The summed E-state index contributed by atoms with van der Waals surface area (Å²) in [6.45, 7) is 1.80. The van der Waals surface area contributed by atoms with Crippen LogP contribution in [-0.2, 0) is 4.79 Å². The van der Waals surface area contributed by atoms with E-state index in [9.17, 15) is 14.9 Å². The van der Waals surface area contributed by atoms with Crippen LogP contribution in [0.25, 0.3) is 0 Å². The van der Waals surface area contributed by atoms with Crippen molar-refractivity contribution in [2.75, 3.05) is 5.75 Å². The Labute approximate surface area is 91.8 Å². The number of Topliss-reactive ketones (excluding diaryl/α,β-unsaturated/α-hetero) is 1. The minimum atomic E-state index is -0.439. The van der Waals surface area contributed by atoms with Gasteiger partial charge in [-0.1, -0.05) is 13.0 Å². The van der Waals surface area contributed by atoms with Crippen LogP contribution >= 0.6 is 11.8 Å². The van der Waals surface area contributed by atoms with Crippen molar-refractivity contribution in [3.05, 3.63) is 34.4 Å². The number of carbonyl (C=O) groups is 1. The average Bonchev–Trinajstić information content (AvgIpc) is 2.26. The number of nitro groups is 1. The molecule has 0 heterocycles. The molecule has 15 heavy (non-hydrogen) atoms. The van der Waals surface area contributed by atoms with Gasteiger partial charge in [0.2, 0.25) is 0 Å². The first kappa shape index (κ1) is 11.7. The first-order valence-electron chi connectivity index (χ1n) is 4.52. The lowest BCUT2D eigenvalue weighted by molar-refractivity contribution is -0.385. The van der Waals surface area contributed by atoms with Gasteiger partial charge in [-0.3, -0.25) is 14.9 Å². The van der Waals surface area contributed by atoms with E-state index in [1.165, 1.54) is 23.9 Å². The number of hydrogen-bond acceptors (Lipinski definition) is 4. The van der Waals surface area contributed by atoms with Crippen molar-refractivity contribution in [1.82, 2.24) is 0 Å². The maximum absolute atomic E-state index is 11.0. The molecule has 4 nitrogen and oxygen atoms in total. The number of hydrogen-bond donors (Lipinski definition) is 0. The molecule has 0 radical (unpaired) electrons. The molecule has 1 aromatic rings. The van der Waals surface area contributed by atoms with Crippen LogP contribution in [0.2, 0.25) is 0 Å². The zero-order valence-corrected chi connectivity index (χ0v) is 9.12. The van der Waals surface area contributed by atoms with Gasteiger partial charge in [-0.25, -0.2) is 0 Å². The summed E-state index contributed by atoms with van der Waals surface area (Å²) >= 11 is 1.33. The molecule has 1 rings (SSSR count). The summed E-state index contributed by atoms with van der Waals surface area (Å²) in [5, 5.41) is 10.5. The highest BCUT2D eigenvalue weighted by Crippen LogP contribution is 2.22. The van der Waals surface area contributed by atoms with Gasteiger partial charge in [-0.05, 0) is 6.07 Å². The van der Waals surface area contributed by atoms with E-state index in [1.807, 2.05) is 0 Å². The highest BCUT2D eigenvalue weighted by atomic mass is 32.2. The lowest BCUT2D eigenvalue weighted by Crippen LogP contribution is -1.98. The highest BCUT2D eigenvalue weighted by molar-refractivity contribution is 8.00. The number of thioether (sulfide) groups is 1. The number of rotatable bonds is 5.